The first-order chi connectivity index (χ1) is 6.00. The zero-order valence-electron chi connectivity index (χ0n) is 8.19. The molecule has 76 valence electrons. The Kier molecular flexibility index (Phi) is 3.05. The molecule has 4 heteroatoms. The molecule has 0 aromatic heterocycles. The van der Waals surface area contributed by atoms with Crippen LogP contribution in [0, 0.1) is 5.92 Å². The highest BCUT2D eigenvalue weighted by molar-refractivity contribution is 5.54. The molecule has 1 aliphatic heterocycles. The predicted octanol–water partition coefficient (Wildman–Crippen LogP) is 0.334. The van der Waals surface area contributed by atoms with Crippen LogP contribution in [0.5, 0.6) is 0 Å². The monoisotopic (exact) mass is 188 g/mol. The number of rotatable bonds is 3. The van der Waals surface area contributed by atoms with E-state index in [-0.39, 0.29) is 18.6 Å². The van der Waals surface area contributed by atoms with E-state index in [1.807, 2.05) is 0 Å². The summed E-state index contributed by atoms with van der Waals surface area (Å²) in [4.78, 5) is 10.5. The number of aldehydes is 1. The average Bonchev–Trinajstić information content (AvgIpc) is 2.39. The van der Waals surface area contributed by atoms with Crippen LogP contribution in [0.1, 0.15) is 20.8 Å². The minimum atomic E-state index is -0.699. The Morgan fingerprint density at radius 1 is 1.54 bits per heavy atom. The van der Waals surface area contributed by atoms with Gasteiger partial charge in [0, 0.05) is 5.92 Å². The van der Waals surface area contributed by atoms with Crippen LogP contribution >= 0.6 is 0 Å². The highest BCUT2D eigenvalue weighted by Crippen LogP contribution is 2.31. The maximum Gasteiger partial charge on any atom is 0.163 e. The topological polar surface area (TPSA) is 55.8 Å². The van der Waals surface area contributed by atoms with E-state index in [2.05, 4.69) is 0 Å². The van der Waals surface area contributed by atoms with E-state index in [0.29, 0.717) is 0 Å². The summed E-state index contributed by atoms with van der Waals surface area (Å²) < 4.78 is 10.9. The van der Waals surface area contributed by atoms with Crippen LogP contribution in [-0.4, -0.2) is 36.0 Å². The Labute approximate surface area is 77.8 Å². The lowest BCUT2D eigenvalue weighted by atomic mass is 10.0. The van der Waals surface area contributed by atoms with Gasteiger partial charge in [-0.3, -0.25) is 0 Å². The quantitative estimate of drug-likeness (QED) is 0.649. The second kappa shape index (κ2) is 3.74. The molecule has 0 spiro atoms. The van der Waals surface area contributed by atoms with Gasteiger partial charge in [-0.2, -0.15) is 0 Å². The van der Waals surface area contributed by atoms with Crippen LogP contribution in [0.4, 0.5) is 0 Å². The normalized spacial score (nSPS) is 34.5. The number of carbonyl (C=O) groups excluding carboxylic acids is 1. The zero-order valence-corrected chi connectivity index (χ0v) is 8.19. The van der Waals surface area contributed by atoms with Crippen LogP contribution in [0.3, 0.4) is 0 Å². The van der Waals surface area contributed by atoms with Crippen molar-refractivity contribution in [2.45, 2.75) is 38.8 Å². The van der Waals surface area contributed by atoms with Crippen molar-refractivity contribution in [1.29, 1.82) is 0 Å². The van der Waals surface area contributed by atoms with E-state index < -0.39 is 11.9 Å². The van der Waals surface area contributed by atoms with Gasteiger partial charge in [0.05, 0.1) is 12.7 Å². The molecule has 1 fully saturated rings. The lowest BCUT2D eigenvalue weighted by molar-refractivity contribution is -0.152. The lowest BCUT2D eigenvalue weighted by Crippen LogP contribution is -2.32. The van der Waals surface area contributed by atoms with Gasteiger partial charge in [-0.05, 0) is 13.8 Å². The van der Waals surface area contributed by atoms with Crippen molar-refractivity contribution in [1.82, 2.24) is 0 Å². The molecule has 0 radical (unpaired) electrons. The maximum absolute atomic E-state index is 10.5. The van der Waals surface area contributed by atoms with E-state index in [1.165, 1.54) is 0 Å². The molecule has 0 saturated carbocycles. The van der Waals surface area contributed by atoms with Gasteiger partial charge in [0.1, 0.15) is 12.4 Å². The fourth-order valence-corrected chi connectivity index (χ4v) is 1.53. The van der Waals surface area contributed by atoms with Crippen LogP contribution in [0.2, 0.25) is 0 Å². The van der Waals surface area contributed by atoms with E-state index in [1.54, 1.807) is 20.8 Å². The zero-order chi connectivity index (χ0) is 10.1. The molecular weight excluding hydrogens is 172 g/mol. The summed E-state index contributed by atoms with van der Waals surface area (Å²) in [5.74, 6) is -0.950. The predicted molar refractivity (Wildman–Crippen MR) is 46.1 cm³/mol. The molecule has 0 aliphatic carbocycles. The largest absolute Gasteiger partial charge is 0.394 e. The summed E-state index contributed by atoms with van der Waals surface area (Å²) in [6.07, 6.45) is 0.0886. The standard InChI is InChI=1S/C9H16O4/c1-6(4-10)8-7(5-11)12-9(2,3)13-8/h4,6-8,11H,5H2,1-3H3/t6-,7+,8+/m1/s1. The highest BCUT2D eigenvalue weighted by Gasteiger charge is 2.43. The first-order valence-electron chi connectivity index (χ1n) is 4.42. The Bertz CT molecular complexity index is 190. The Morgan fingerprint density at radius 2 is 2.15 bits per heavy atom. The van der Waals surface area contributed by atoms with Gasteiger partial charge in [-0.15, -0.1) is 0 Å². The highest BCUT2D eigenvalue weighted by atomic mass is 16.8. The van der Waals surface area contributed by atoms with Gasteiger partial charge in [0.2, 0.25) is 0 Å². The number of carbonyl (C=O) groups is 1. The molecule has 0 aromatic rings. The van der Waals surface area contributed by atoms with E-state index in [0.717, 1.165) is 6.29 Å². The molecule has 1 rings (SSSR count). The molecule has 0 aromatic carbocycles. The molecule has 0 bridgehead atoms. The van der Waals surface area contributed by atoms with Crippen molar-refractivity contribution in [2.24, 2.45) is 5.92 Å². The SMILES string of the molecule is C[C@H](C=O)[C@@H]1OC(C)(C)O[C@H]1CO. The second-order valence-electron chi connectivity index (χ2n) is 3.82. The summed E-state index contributed by atoms with van der Waals surface area (Å²) in [5.41, 5.74) is 0. The van der Waals surface area contributed by atoms with Crippen molar-refractivity contribution in [3.63, 3.8) is 0 Å². The van der Waals surface area contributed by atoms with Crippen LogP contribution in [0.15, 0.2) is 0 Å². The van der Waals surface area contributed by atoms with E-state index in [4.69, 9.17) is 14.6 Å². The lowest BCUT2D eigenvalue weighted by Gasteiger charge is -2.18. The van der Waals surface area contributed by atoms with Gasteiger partial charge < -0.3 is 19.4 Å². The molecule has 4 nitrogen and oxygen atoms in total. The van der Waals surface area contributed by atoms with Crippen molar-refractivity contribution in [3.8, 4) is 0 Å². The van der Waals surface area contributed by atoms with Gasteiger partial charge in [-0.25, -0.2) is 0 Å². The van der Waals surface area contributed by atoms with E-state index >= 15 is 0 Å². The fraction of sp³-hybridized carbons (Fsp3) is 0.889. The van der Waals surface area contributed by atoms with Gasteiger partial charge in [0.15, 0.2) is 5.79 Å². The average molecular weight is 188 g/mol. The molecule has 1 N–H and O–H groups in total. The van der Waals surface area contributed by atoms with Gasteiger partial charge in [-0.1, -0.05) is 6.92 Å². The van der Waals surface area contributed by atoms with Crippen molar-refractivity contribution in [2.75, 3.05) is 6.61 Å². The molecule has 1 heterocycles. The minimum Gasteiger partial charge on any atom is -0.394 e. The molecule has 13 heavy (non-hydrogen) atoms. The first-order valence-corrected chi connectivity index (χ1v) is 4.42. The Hall–Kier alpha value is -0.450. The molecule has 0 unspecified atom stereocenters. The number of aliphatic hydroxyl groups is 1. The first kappa shape index (κ1) is 10.6. The third-order valence-electron chi connectivity index (χ3n) is 2.13. The fourth-order valence-electron chi connectivity index (χ4n) is 1.53. The Balaban J connectivity index is 2.68. The number of hydrogen-bond acceptors (Lipinski definition) is 4. The molecule has 1 saturated heterocycles. The number of hydrogen-bond donors (Lipinski definition) is 1. The van der Waals surface area contributed by atoms with Crippen LogP contribution < -0.4 is 0 Å². The number of aliphatic hydroxyl groups excluding tert-OH is 1. The summed E-state index contributed by atoms with van der Waals surface area (Å²) in [6, 6.07) is 0. The minimum absolute atomic E-state index is 0.119. The van der Waals surface area contributed by atoms with Crippen molar-refractivity contribution < 1.29 is 19.4 Å². The van der Waals surface area contributed by atoms with Crippen molar-refractivity contribution >= 4 is 6.29 Å². The third-order valence-corrected chi connectivity index (χ3v) is 2.13. The third kappa shape index (κ3) is 2.27. The smallest absolute Gasteiger partial charge is 0.163 e. The summed E-state index contributed by atoms with van der Waals surface area (Å²) >= 11 is 0. The Morgan fingerprint density at radius 3 is 2.62 bits per heavy atom. The number of ether oxygens (including phenoxy) is 2. The molecule has 0 amide bonds. The molecule has 1 aliphatic rings. The van der Waals surface area contributed by atoms with Gasteiger partial charge >= 0.3 is 0 Å². The summed E-state index contributed by atoms with van der Waals surface area (Å²) in [5, 5.41) is 8.99. The second-order valence-corrected chi connectivity index (χ2v) is 3.82. The van der Waals surface area contributed by atoms with Crippen LogP contribution in [0.25, 0.3) is 0 Å². The van der Waals surface area contributed by atoms with Crippen LogP contribution in [-0.2, 0) is 14.3 Å². The van der Waals surface area contributed by atoms with Crippen molar-refractivity contribution in [3.05, 3.63) is 0 Å². The molecule has 3 atom stereocenters. The van der Waals surface area contributed by atoms with Gasteiger partial charge in [0.25, 0.3) is 0 Å². The summed E-state index contributed by atoms with van der Waals surface area (Å²) in [6.45, 7) is 5.18. The molecular formula is C9H16O4. The van der Waals surface area contributed by atoms with E-state index in [9.17, 15) is 4.79 Å². The maximum atomic E-state index is 10.5. The summed E-state index contributed by atoms with van der Waals surface area (Å²) in [7, 11) is 0.